The molecule has 0 radical (unpaired) electrons. The molecule has 4 rings (SSSR count). The van der Waals surface area contributed by atoms with E-state index < -0.39 is 27.9 Å². The van der Waals surface area contributed by atoms with Crippen molar-refractivity contribution in [2.75, 3.05) is 47.5 Å². The van der Waals surface area contributed by atoms with E-state index in [1.54, 1.807) is 30.5 Å². The molecule has 2 aliphatic rings. The molecule has 1 atom stereocenters. The summed E-state index contributed by atoms with van der Waals surface area (Å²) < 4.78 is 43.1. The molecule has 2 amide bonds. The number of nitrogens with zero attached hydrogens (tertiary/aromatic N) is 3. The van der Waals surface area contributed by atoms with E-state index in [-0.39, 0.29) is 24.6 Å². The number of rotatable bonds is 6. The van der Waals surface area contributed by atoms with Crippen LogP contribution in [0.4, 0.5) is 20.7 Å². The quantitative estimate of drug-likeness (QED) is 0.662. The number of anilines is 2. The summed E-state index contributed by atoms with van der Waals surface area (Å²) in [4.78, 5) is 30.0. The zero-order chi connectivity index (χ0) is 22.0. The van der Waals surface area contributed by atoms with Crippen LogP contribution in [0.1, 0.15) is 0 Å². The van der Waals surface area contributed by atoms with Gasteiger partial charge in [-0.25, -0.2) is 22.6 Å². The van der Waals surface area contributed by atoms with Crippen molar-refractivity contribution in [3.05, 3.63) is 42.3 Å². The molecule has 1 N–H and O–H groups in total. The molecule has 1 aromatic carbocycles. The molecule has 2 aromatic rings. The number of carbonyl (C=O) groups is 2. The van der Waals surface area contributed by atoms with Crippen LogP contribution in [0.15, 0.2) is 36.5 Å². The van der Waals surface area contributed by atoms with Crippen LogP contribution in [0.2, 0.25) is 0 Å². The van der Waals surface area contributed by atoms with Crippen molar-refractivity contribution in [1.29, 1.82) is 0 Å². The van der Waals surface area contributed by atoms with E-state index in [1.807, 2.05) is 4.90 Å². The number of benzene rings is 1. The lowest BCUT2D eigenvalue weighted by Crippen LogP contribution is -2.40. The Morgan fingerprint density at radius 1 is 1.23 bits per heavy atom. The fourth-order valence-corrected chi connectivity index (χ4v) is 4.80. The van der Waals surface area contributed by atoms with Gasteiger partial charge >= 0.3 is 6.09 Å². The molecule has 0 bridgehead atoms. The zero-order valence-electron chi connectivity index (χ0n) is 16.5. The molecule has 2 fully saturated rings. The van der Waals surface area contributed by atoms with E-state index in [2.05, 4.69) is 10.3 Å². The Morgan fingerprint density at radius 2 is 2.00 bits per heavy atom. The van der Waals surface area contributed by atoms with Gasteiger partial charge in [0.2, 0.25) is 6.41 Å². The number of aromatic nitrogens is 1. The van der Waals surface area contributed by atoms with Crippen LogP contribution in [0.25, 0.3) is 11.1 Å². The Balaban J connectivity index is 1.47. The van der Waals surface area contributed by atoms with Crippen molar-refractivity contribution >= 4 is 33.8 Å². The number of ether oxygens (including phenoxy) is 1. The van der Waals surface area contributed by atoms with Crippen LogP contribution < -0.4 is 15.1 Å². The molecular formula is C20H21FN4O5S. The standard InChI is InChI=1S/C20H21FN4O5S/c21-18-9-15(25-12-16(11-22-13-26)30-20(25)27)2-3-17(18)14-1-4-19(23-10-14)24-5-7-31(28,29)8-6-24/h1-4,9-10,13,16H,5-8,11-12H2,(H,22,26). The third-order valence-corrected chi connectivity index (χ3v) is 6.90. The van der Waals surface area contributed by atoms with Crippen LogP contribution in [-0.2, 0) is 19.4 Å². The average Bonchev–Trinajstić information content (AvgIpc) is 3.13. The summed E-state index contributed by atoms with van der Waals surface area (Å²) in [6.45, 7) is 1.16. The largest absolute Gasteiger partial charge is 0.442 e. The molecule has 0 spiro atoms. The minimum Gasteiger partial charge on any atom is -0.442 e. The molecule has 31 heavy (non-hydrogen) atoms. The summed E-state index contributed by atoms with van der Waals surface area (Å²) in [6.07, 6.45) is 0.973. The molecule has 1 aromatic heterocycles. The zero-order valence-corrected chi connectivity index (χ0v) is 17.3. The number of halogens is 1. The fourth-order valence-electron chi connectivity index (χ4n) is 3.60. The Hall–Kier alpha value is -3.21. The predicted octanol–water partition coefficient (Wildman–Crippen LogP) is 1.19. The highest BCUT2D eigenvalue weighted by atomic mass is 32.2. The Bertz CT molecular complexity index is 1080. The molecule has 0 saturated carbocycles. The van der Waals surface area contributed by atoms with Gasteiger partial charge < -0.3 is 15.0 Å². The van der Waals surface area contributed by atoms with E-state index >= 15 is 0 Å². The topological polar surface area (TPSA) is 109 Å². The Labute approximate surface area is 178 Å². The third-order valence-electron chi connectivity index (χ3n) is 5.29. The lowest BCUT2D eigenvalue weighted by molar-refractivity contribution is -0.109. The van der Waals surface area contributed by atoms with E-state index in [9.17, 15) is 22.4 Å². The summed E-state index contributed by atoms with van der Waals surface area (Å²) >= 11 is 0. The first kappa shape index (κ1) is 21.0. The monoisotopic (exact) mass is 448 g/mol. The van der Waals surface area contributed by atoms with Gasteiger partial charge in [-0.1, -0.05) is 0 Å². The number of sulfone groups is 1. The van der Waals surface area contributed by atoms with Gasteiger partial charge in [-0.15, -0.1) is 0 Å². The highest BCUT2D eigenvalue weighted by molar-refractivity contribution is 7.91. The first-order valence-electron chi connectivity index (χ1n) is 9.73. The molecule has 9 nitrogen and oxygen atoms in total. The van der Waals surface area contributed by atoms with Gasteiger partial charge in [0.05, 0.1) is 30.3 Å². The van der Waals surface area contributed by atoms with Crippen molar-refractivity contribution in [3.63, 3.8) is 0 Å². The predicted molar refractivity (Wildman–Crippen MR) is 112 cm³/mol. The normalized spacial score (nSPS) is 20.4. The smallest absolute Gasteiger partial charge is 0.414 e. The summed E-state index contributed by atoms with van der Waals surface area (Å²) in [5.41, 5.74) is 1.25. The van der Waals surface area contributed by atoms with Crippen LogP contribution in [0.5, 0.6) is 0 Å². The molecular weight excluding hydrogens is 427 g/mol. The number of hydrogen-bond acceptors (Lipinski definition) is 7. The van der Waals surface area contributed by atoms with Gasteiger partial charge in [0.15, 0.2) is 9.84 Å². The summed E-state index contributed by atoms with van der Waals surface area (Å²) in [7, 11) is -2.98. The lowest BCUT2D eigenvalue weighted by atomic mass is 10.1. The first-order valence-corrected chi connectivity index (χ1v) is 11.5. The minimum atomic E-state index is -2.98. The highest BCUT2D eigenvalue weighted by Crippen LogP contribution is 2.29. The molecule has 2 aliphatic heterocycles. The minimum absolute atomic E-state index is 0.0948. The van der Waals surface area contributed by atoms with Gasteiger partial charge in [0.25, 0.3) is 0 Å². The SMILES string of the molecule is O=CNCC1CN(c2ccc(-c3ccc(N4CCS(=O)(=O)CC4)nc3)c(F)c2)C(=O)O1. The van der Waals surface area contributed by atoms with Crippen LogP contribution in [-0.4, -0.2) is 69.7 Å². The summed E-state index contributed by atoms with van der Waals surface area (Å²) in [5, 5.41) is 2.46. The van der Waals surface area contributed by atoms with Crippen molar-refractivity contribution in [3.8, 4) is 11.1 Å². The van der Waals surface area contributed by atoms with E-state index in [0.29, 0.717) is 42.1 Å². The van der Waals surface area contributed by atoms with Crippen LogP contribution in [0.3, 0.4) is 0 Å². The number of cyclic esters (lactones) is 1. The maximum atomic E-state index is 14.8. The molecule has 11 heteroatoms. The Morgan fingerprint density at radius 3 is 2.65 bits per heavy atom. The second-order valence-electron chi connectivity index (χ2n) is 7.35. The fraction of sp³-hybridized carbons (Fsp3) is 0.350. The van der Waals surface area contributed by atoms with E-state index in [0.717, 1.165) is 0 Å². The summed E-state index contributed by atoms with van der Waals surface area (Å²) in [6, 6.07) is 7.92. The molecule has 1 unspecified atom stereocenters. The molecule has 3 heterocycles. The molecule has 164 valence electrons. The Kier molecular flexibility index (Phi) is 5.77. The van der Waals surface area contributed by atoms with E-state index in [4.69, 9.17) is 4.74 Å². The molecule has 2 saturated heterocycles. The van der Waals surface area contributed by atoms with Crippen molar-refractivity contribution in [2.24, 2.45) is 0 Å². The lowest BCUT2D eigenvalue weighted by Gasteiger charge is -2.27. The van der Waals surface area contributed by atoms with Gasteiger partial charge in [0, 0.05) is 30.4 Å². The van der Waals surface area contributed by atoms with Gasteiger partial charge in [-0.3, -0.25) is 9.69 Å². The van der Waals surface area contributed by atoms with Crippen molar-refractivity contribution in [2.45, 2.75) is 6.10 Å². The second kappa shape index (κ2) is 8.50. The van der Waals surface area contributed by atoms with Gasteiger partial charge in [0.1, 0.15) is 17.7 Å². The van der Waals surface area contributed by atoms with Crippen molar-refractivity contribution in [1.82, 2.24) is 10.3 Å². The number of pyridine rings is 1. The highest BCUT2D eigenvalue weighted by Gasteiger charge is 2.32. The third kappa shape index (κ3) is 4.61. The number of carbonyl (C=O) groups excluding carboxylic acids is 2. The average molecular weight is 448 g/mol. The van der Waals surface area contributed by atoms with Gasteiger partial charge in [-0.2, -0.15) is 0 Å². The summed E-state index contributed by atoms with van der Waals surface area (Å²) in [5.74, 6) is 0.318. The maximum Gasteiger partial charge on any atom is 0.414 e. The second-order valence-corrected chi connectivity index (χ2v) is 9.65. The van der Waals surface area contributed by atoms with Crippen LogP contribution in [0, 0.1) is 5.82 Å². The number of nitrogens with one attached hydrogen (secondary N) is 1. The first-order chi connectivity index (χ1) is 14.9. The van der Waals surface area contributed by atoms with Gasteiger partial charge in [-0.05, 0) is 30.3 Å². The van der Waals surface area contributed by atoms with E-state index in [1.165, 1.54) is 11.0 Å². The number of hydrogen-bond donors (Lipinski definition) is 1. The number of amides is 2. The van der Waals surface area contributed by atoms with Crippen LogP contribution >= 0.6 is 0 Å². The molecule has 0 aliphatic carbocycles. The van der Waals surface area contributed by atoms with Crippen molar-refractivity contribution < 1.29 is 27.1 Å². The maximum absolute atomic E-state index is 14.8.